The number of hydrogen-bond donors (Lipinski definition) is 1. The molecule has 1 fully saturated rings. The van der Waals surface area contributed by atoms with Gasteiger partial charge in [-0.2, -0.15) is 5.10 Å². The van der Waals surface area contributed by atoms with Crippen molar-refractivity contribution in [1.29, 1.82) is 0 Å². The molecule has 4 aromatic heterocycles. The van der Waals surface area contributed by atoms with Crippen LogP contribution in [0.3, 0.4) is 0 Å². The summed E-state index contributed by atoms with van der Waals surface area (Å²) in [6.45, 7) is 5.15. The Labute approximate surface area is 206 Å². The van der Waals surface area contributed by atoms with Crippen LogP contribution in [0.4, 0.5) is 10.1 Å². The van der Waals surface area contributed by atoms with Gasteiger partial charge in [-0.1, -0.05) is 6.92 Å². The summed E-state index contributed by atoms with van der Waals surface area (Å²) >= 11 is 1.45. The summed E-state index contributed by atoms with van der Waals surface area (Å²) in [6.07, 6.45) is 8.48. The molecule has 0 amide bonds. The third-order valence-corrected chi connectivity index (χ3v) is 7.42. The zero-order valence-corrected chi connectivity index (χ0v) is 20.3. The maximum Gasteiger partial charge on any atom is 0.200 e. The van der Waals surface area contributed by atoms with Crippen LogP contribution in [-0.4, -0.2) is 55.0 Å². The number of fused-ring (bicyclic) bond motifs is 2. The van der Waals surface area contributed by atoms with Crippen molar-refractivity contribution >= 4 is 34.0 Å². The lowest BCUT2D eigenvalue weighted by Gasteiger charge is -2.37. The monoisotopic (exact) mass is 488 g/mol. The largest absolute Gasteiger partial charge is 0.365 e. The number of benzene rings is 1. The number of halogens is 1. The molecule has 5 aromatic rings. The third-order valence-electron chi connectivity index (χ3n) is 6.47. The molecule has 8 nitrogen and oxygen atoms in total. The Morgan fingerprint density at radius 3 is 2.86 bits per heavy atom. The van der Waals surface area contributed by atoms with E-state index in [1.807, 2.05) is 37.8 Å². The van der Waals surface area contributed by atoms with Gasteiger partial charge in [0.1, 0.15) is 0 Å². The Morgan fingerprint density at radius 1 is 1.11 bits per heavy atom. The van der Waals surface area contributed by atoms with E-state index in [0.717, 1.165) is 58.7 Å². The lowest BCUT2D eigenvalue weighted by atomic mass is 10.1. The highest BCUT2D eigenvalue weighted by Gasteiger charge is 2.21. The number of nitrogens with one attached hydrogen (secondary N) is 1. The van der Waals surface area contributed by atoms with Gasteiger partial charge in [-0.05, 0) is 48.5 Å². The van der Waals surface area contributed by atoms with Crippen LogP contribution < -0.4 is 10.2 Å². The van der Waals surface area contributed by atoms with Gasteiger partial charge in [0.05, 0.1) is 23.6 Å². The zero-order valence-electron chi connectivity index (χ0n) is 19.5. The molecule has 1 N–H and O–H groups in total. The van der Waals surface area contributed by atoms with Gasteiger partial charge in [-0.15, -0.1) is 10.2 Å². The summed E-state index contributed by atoms with van der Waals surface area (Å²) < 4.78 is 18.2. The number of aromatic nitrogens is 6. The molecule has 1 aliphatic heterocycles. The van der Waals surface area contributed by atoms with E-state index in [-0.39, 0.29) is 5.65 Å². The van der Waals surface area contributed by atoms with Gasteiger partial charge < -0.3 is 10.2 Å². The number of rotatable bonds is 5. The minimum absolute atomic E-state index is 0.203. The molecular formula is C25H25FN8S. The minimum Gasteiger partial charge on any atom is -0.365 e. The van der Waals surface area contributed by atoms with E-state index in [0.29, 0.717) is 11.2 Å². The number of piperazine rings is 1. The molecule has 0 radical (unpaired) electrons. The van der Waals surface area contributed by atoms with Crippen molar-refractivity contribution in [3.63, 3.8) is 0 Å². The highest BCUT2D eigenvalue weighted by atomic mass is 32.2. The molecule has 0 bridgehead atoms. The molecule has 6 rings (SSSR count). The molecule has 0 aliphatic carbocycles. The third kappa shape index (κ3) is 4.12. The second-order valence-electron chi connectivity index (χ2n) is 8.77. The van der Waals surface area contributed by atoms with E-state index in [1.165, 1.54) is 17.8 Å². The van der Waals surface area contributed by atoms with Gasteiger partial charge in [-0.3, -0.25) is 14.1 Å². The first-order valence-electron chi connectivity index (χ1n) is 11.7. The van der Waals surface area contributed by atoms with Crippen LogP contribution in [0.15, 0.2) is 65.2 Å². The molecular weight excluding hydrogens is 463 g/mol. The Bertz CT molecular complexity index is 1530. The lowest BCUT2D eigenvalue weighted by Crippen LogP contribution is -2.51. The Balaban J connectivity index is 1.34. The van der Waals surface area contributed by atoms with Gasteiger partial charge in [-0.25, -0.2) is 4.39 Å². The first kappa shape index (κ1) is 22.0. The highest BCUT2D eigenvalue weighted by molar-refractivity contribution is 7.99. The van der Waals surface area contributed by atoms with Gasteiger partial charge >= 0.3 is 0 Å². The number of pyridine rings is 2. The van der Waals surface area contributed by atoms with Crippen molar-refractivity contribution in [2.45, 2.75) is 29.4 Å². The van der Waals surface area contributed by atoms with Crippen molar-refractivity contribution in [1.82, 2.24) is 34.7 Å². The van der Waals surface area contributed by atoms with Crippen molar-refractivity contribution in [2.75, 3.05) is 24.5 Å². The fourth-order valence-electron chi connectivity index (χ4n) is 4.62. The first-order chi connectivity index (χ1) is 17.1. The van der Waals surface area contributed by atoms with Crippen LogP contribution in [0.25, 0.3) is 27.7 Å². The van der Waals surface area contributed by atoms with E-state index in [1.54, 1.807) is 15.3 Å². The van der Waals surface area contributed by atoms with Crippen LogP contribution in [0.2, 0.25) is 0 Å². The topological polar surface area (TPSA) is 76.2 Å². The van der Waals surface area contributed by atoms with E-state index in [2.05, 4.69) is 44.6 Å². The average molecular weight is 489 g/mol. The summed E-state index contributed by atoms with van der Waals surface area (Å²) in [7, 11) is 1.84. The second-order valence-corrected chi connectivity index (χ2v) is 9.81. The second kappa shape index (κ2) is 8.94. The van der Waals surface area contributed by atoms with Crippen LogP contribution in [0, 0.1) is 5.82 Å². The van der Waals surface area contributed by atoms with Gasteiger partial charge in [0.15, 0.2) is 11.5 Å². The fourth-order valence-corrected chi connectivity index (χ4v) is 5.47. The molecule has 1 unspecified atom stereocenters. The van der Waals surface area contributed by atoms with Crippen molar-refractivity contribution in [3.05, 3.63) is 60.9 Å². The molecule has 1 aliphatic rings. The quantitative estimate of drug-likeness (QED) is 0.398. The molecule has 5 heterocycles. The molecule has 35 heavy (non-hydrogen) atoms. The number of aryl methyl sites for hydroxylation is 1. The van der Waals surface area contributed by atoms with E-state index < -0.39 is 5.82 Å². The SMILES string of the molecule is CCC1CNCCN1c1cnc2ccc(Sc3nnc4c(F)cc(-c5cnn(C)c5)cn34)cc2c1. The van der Waals surface area contributed by atoms with Crippen LogP contribution in [0.5, 0.6) is 0 Å². The number of nitrogens with zero attached hydrogens (tertiary/aromatic N) is 7. The molecule has 10 heteroatoms. The Kier molecular flexibility index (Phi) is 5.62. The predicted octanol–water partition coefficient (Wildman–Crippen LogP) is 4.16. The molecule has 1 atom stereocenters. The standard InChI is InChI=1S/C25H25FN8S/c1-3-19-12-27-6-7-33(19)20-8-16-9-21(4-5-23(16)28-13-20)35-25-31-30-24-22(26)10-17(15-34(24)25)18-11-29-32(2)14-18/h4-5,8-11,13-15,19,27H,3,6-7,12H2,1-2H3. The summed E-state index contributed by atoms with van der Waals surface area (Å²) in [5.74, 6) is -0.417. The van der Waals surface area contributed by atoms with Gasteiger partial charge in [0, 0.05) is 66.5 Å². The zero-order chi connectivity index (χ0) is 23.9. The van der Waals surface area contributed by atoms with Gasteiger partial charge in [0.2, 0.25) is 5.16 Å². The minimum atomic E-state index is -0.417. The number of anilines is 1. The van der Waals surface area contributed by atoms with Crippen LogP contribution in [0.1, 0.15) is 13.3 Å². The molecule has 0 saturated carbocycles. The smallest absolute Gasteiger partial charge is 0.200 e. The summed E-state index contributed by atoms with van der Waals surface area (Å²) in [4.78, 5) is 8.14. The van der Waals surface area contributed by atoms with Crippen molar-refractivity contribution in [2.24, 2.45) is 7.05 Å². The molecule has 178 valence electrons. The first-order valence-corrected chi connectivity index (χ1v) is 12.5. The normalized spacial score (nSPS) is 16.4. The Morgan fingerprint density at radius 2 is 2.03 bits per heavy atom. The summed E-state index contributed by atoms with van der Waals surface area (Å²) in [6, 6.07) is 10.3. The summed E-state index contributed by atoms with van der Waals surface area (Å²) in [5, 5.41) is 17.7. The maximum atomic E-state index is 14.8. The van der Waals surface area contributed by atoms with E-state index in [9.17, 15) is 4.39 Å². The highest BCUT2D eigenvalue weighted by Crippen LogP contribution is 2.32. The number of hydrogen-bond acceptors (Lipinski definition) is 7. The Hall–Kier alpha value is -3.50. The van der Waals surface area contributed by atoms with E-state index in [4.69, 9.17) is 4.98 Å². The fraction of sp³-hybridized carbons (Fsp3) is 0.280. The molecule has 1 saturated heterocycles. The van der Waals surface area contributed by atoms with Gasteiger partial charge in [0.25, 0.3) is 0 Å². The summed E-state index contributed by atoms with van der Waals surface area (Å²) in [5.41, 5.74) is 3.84. The maximum absolute atomic E-state index is 14.8. The van der Waals surface area contributed by atoms with Crippen molar-refractivity contribution in [3.8, 4) is 11.1 Å². The van der Waals surface area contributed by atoms with Crippen molar-refractivity contribution < 1.29 is 4.39 Å². The average Bonchev–Trinajstić information content (AvgIpc) is 3.50. The van der Waals surface area contributed by atoms with E-state index >= 15 is 0 Å². The van der Waals surface area contributed by atoms with Crippen LogP contribution >= 0.6 is 11.8 Å². The van der Waals surface area contributed by atoms with Crippen LogP contribution in [-0.2, 0) is 7.05 Å². The molecule has 1 aromatic carbocycles. The molecule has 0 spiro atoms. The lowest BCUT2D eigenvalue weighted by molar-refractivity contribution is 0.466. The predicted molar refractivity (Wildman–Crippen MR) is 135 cm³/mol.